The number of hydrogen-bond acceptors (Lipinski definition) is 2. The minimum atomic E-state index is 0.902. The Labute approximate surface area is 88.2 Å². The standard InChI is InChI=1S/C11H14N2S/c1-2-10-5-6-11(14-10)9-12-13-7-3-4-8-13/h3-8,12H,2,9H2,1H3. The number of rotatable bonds is 4. The van der Waals surface area contributed by atoms with Gasteiger partial charge in [-0.05, 0) is 30.7 Å². The van der Waals surface area contributed by atoms with Crippen LogP contribution in [0.15, 0.2) is 36.7 Å². The summed E-state index contributed by atoms with van der Waals surface area (Å²) in [5, 5.41) is 0. The molecular formula is C11H14N2S. The van der Waals surface area contributed by atoms with Crippen molar-refractivity contribution in [1.29, 1.82) is 0 Å². The molecule has 74 valence electrons. The van der Waals surface area contributed by atoms with Gasteiger partial charge in [-0.2, -0.15) is 0 Å². The lowest BCUT2D eigenvalue weighted by molar-refractivity contribution is 0.855. The highest BCUT2D eigenvalue weighted by Gasteiger charge is 1.97. The van der Waals surface area contributed by atoms with Crippen molar-refractivity contribution in [1.82, 2.24) is 4.68 Å². The molecule has 0 atom stereocenters. The summed E-state index contributed by atoms with van der Waals surface area (Å²) in [6.07, 6.45) is 5.15. The van der Waals surface area contributed by atoms with Crippen LogP contribution in [-0.2, 0) is 13.0 Å². The zero-order valence-corrected chi connectivity index (χ0v) is 9.05. The average Bonchev–Trinajstić information content (AvgIpc) is 2.86. The van der Waals surface area contributed by atoms with Crippen molar-refractivity contribution in [2.24, 2.45) is 0 Å². The summed E-state index contributed by atoms with van der Waals surface area (Å²) in [6, 6.07) is 8.43. The summed E-state index contributed by atoms with van der Waals surface area (Å²) in [6.45, 7) is 3.09. The number of aromatic nitrogens is 1. The first kappa shape index (κ1) is 9.34. The Kier molecular flexibility index (Phi) is 2.89. The maximum Gasteiger partial charge on any atom is 0.0657 e. The molecule has 0 saturated heterocycles. The Hall–Kier alpha value is -1.22. The quantitative estimate of drug-likeness (QED) is 0.814. The van der Waals surface area contributed by atoms with Crippen LogP contribution >= 0.6 is 11.3 Å². The molecule has 3 heteroatoms. The molecule has 2 heterocycles. The lowest BCUT2D eigenvalue weighted by Crippen LogP contribution is -2.10. The van der Waals surface area contributed by atoms with Crippen LogP contribution in [0, 0.1) is 0 Å². The van der Waals surface area contributed by atoms with Gasteiger partial charge in [-0.1, -0.05) is 6.92 Å². The minimum absolute atomic E-state index is 0.902. The SMILES string of the molecule is CCc1ccc(CNn2cccc2)s1. The van der Waals surface area contributed by atoms with E-state index in [1.165, 1.54) is 9.75 Å². The molecule has 0 unspecified atom stereocenters. The fourth-order valence-electron chi connectivity index (χ4n) is 1.32. The topological polar surface area (TPSA) is 17.0 Å². The van der Waals surface area contributed by atoms with Crippen LogP contribution in [-0.4, -0.2) is 4.68 Å². The highest BCUT2D eigenvalue weighted by atomic mass is 32.1. The van der Waals surface area contributed by atoms with E-state index in [9.17, 15) is 0 Å². The molecule has 0 spiro atoms. The van der Waals surface area contributed by atoms with Crippen molar-refractivity contribution in [3.8, 4) is 0 Å². The number of nitrogens with zero attached hydrogens (tertiary/aromatic N) is 1. The molecule has 2 aromatic heterocycles. The first-order valence-electron chi connectivity index (χ1n) is 4.83. The Morgan fingerprint density at radius 3 is 2.57 bits per heavy atom. The van der Waals surface area contributed by atoms with Gasteiger partial charge in [0, 0.05) is 22.1 Å². The molecule has 2 rings (SSSR count). The zero-order chi connectivity index (χ0) is 9.80. The first-order valence-corrected chi connectivity index (χ1v) is 5.64. The number of thiophene rings is 1. The molecule has 0 amide bonds. The first-order chi connectivity index (χ1) is 6.88. The van der Waals surface area contributed by atoms with E-state index in [-0.39, 0.29) is 0 Å². The molecule has 0 aliphatic carbocycles. The van der Waals surface area contributed by atoms with Gasteiger partial charge in [0.2, 0.25) is 0 Å². The fraction of sp³-hybridized carbons (Fsp3) is 0.273. The molecule has 1 N–H and O–H groups in total. The van der Waals surface area contributed by atoms with Crippen LogP contribution in [0.2, 0.25) is 0 Å². The maximum absolute atomic E-state index is 3.31. The molecule has 0 aromatic carbocycles. The van der Waals surface area contributed by atoms with Gasteiger partial charge in [0.05, 0.1) is 6.54 Å². The Morgan fingerprint density at radius 2 is 1.93 bits per heavy atom. The summed E-state index contributed by atoms with van der Waals surface area (Å²) in [7, 11) is 0. The van der Waals surface area contributed by atoms with E-state index in [1.54, 1.807) is 0 Å². The summed E-state index contributed by atoms with van der Waals surface area (Å²) in [5.74, 6) is 0. The van der Waals surface area contributed by atoms with Gasteiger partial charge in [0.1, 0.15) is 0 Å². The zero-order valence-electron chi connectivity index (χ0n) is 8.23. The van der Waals surface area contributed by atoms with Crippen molar-refractivity contribution in [3.05, 3.63) is 46.4 Å². The molecule has 0 aliphatic heterocycles. The fourth-order valence-corrected chi connectivity index (χ4v) is 2.21. The van der Waals surface area contributed by atoms with Crippen LogP contribution in [0.4, 0.5) is 0 Å². The molecule has 0 bridgehead atoms. The van der Waals surface area contributed by atoms with E-state index >= 15 is 0 Å². The maximum atomic E-state index is 3.31. The summed E-state index contributed by atoms with van der Waals surface area (Å²) in [4.78, 5) is 2.84. The van der Waals surface area contributed by atoms with Crippen LogP contribution in [0.1, 0.15) is 16.7 Å². The summed E-state index contributed by atoms with van der Waals surface area (Å²) >= 11 is 1.88. The predicted molar refractivity (Wildman–Crippen MR) is 61.2 cm³/mol. The van der Waals surface area contributed by atoms with Gasteiger partial charge in [-0.3, -0.25) is 4.68 Å². The normalized spacial score (nSPS) is 10.4. The van der Waals surface area contributed by atoms with Crippen molar-refractivity contribution in [2.75, 3.05) is 5.43 Å². The van der Waals surface area contributed by atoms with E-state index in [2.05, 4.69) is 24.5 Å². The third-order valence-electron chi connectivity index (χ3n) is 2.11. The second-order valence-electron chi connectivity index (χ2n) is 3.15. The Balaban J connectivity index is 1.92. The van der Waals surface area contributed by atoms with Crippen LogP contribution in [0.5, 0.6) is 0 Å². The van der Waals surface area contributed by atoms with Gasteiger partial charge >= 0.3 is 0 Å². The van der Waals surface area contributed by atoms with Crippen LogP contribution in [0.3, 0.4) is 0 Å². The van der Waals surface area contributed by atoms with Gasteiger partial charge in [-0.15, -0.1) is 11.3 Å². The Morgan fingerprint density at radius 1 is 1.21 bits per heavy atom. The summed E-state index contributed by atoms with van der Waals surface area (Å²) < 4.78 is 1.98. The van der Waals surface area contributed by atoms with Crippen molar-refractivity contribution in [3.63, 3.8) is 0 Å². The molecule has 0 fully saturated rings. The third-order valence-corrected chi connectivity index (χ3v) is 3.34. The van der Waals surface area contributed by atoms with Gasteiger partial charge in [-0.25, -0.2) is 0 Å². The molecule has 0 aliphatic rings. The Bertz CT molecular complexity index is 376. The van der Waals surface area contributed by atoms with Crippen molar-refractivity contribution in [2.45, 2.75) is 19.9 Å². The molecule has 2 nitrogen and oxygen atoms in total. The van der Waals surface area contributed by atoms with E-state index in [0.717, 1.165) is 13.0 Å². The van der Waals surface area contributed by atoms with Gasteiger partial charge < -0.3 is 5.43 Å². The molecule has 0 radical (unpaired) electrons. The van der Waals surface area contributed by atoms with E-state index < -0.39 is 0 Å². The highest BCUT2D eigenvalue weighted by molar-refractivity contribution is 7.11. The lowest BCUT2D eigenvalue weighted by atomic mass is 10.4. The second kappa shape index (κ2) is 4.33. The number of nitrogens with one attached hydrogen (secondary N) is 1. The molecular weight excluding hydrogens is 192 g/mol. The molecule has 14 heavy (non-hydrogen) atoms. The van der Waals surface area contributed by atoms with Gasteiger partial charge in [0.15, 0.2) is 0 Å². The van der Waals surface area contributed by atoms with E-state index in [1.807, 2.05) is 40.5 Å². The molecule has 2 aromatic rings. The average molecular weight is 206 g/mol. The van der Waals surface area contributed by atoms with Crippen LogP contribution in [0.25, 0.3) is 0 Å². The minimum Gasteiger partial charge on any atom is -0.321 e. The third kappa shape index (κ3) is 2.17. The van der Waals surface area contributed by atoms with Gasteiger partial charge in [0.25, 0.3) is 0 Å². The van der Waals surface area contributed by atoms with Crippen LogP contribution < -0.4 is 5.43 Å². The summed E-state index contributed by atoms with van der Waals surface area (Å²) in [5.41, 5.74) is 3.31. The van der Waals surface area contributed by atoms with Crippen molar-refractivity contribution >= 4 is 11.3 Å². The molecule has 0 saturated carbocycles. The smallest absolute Gasteiger partial charge is 0.0657 e. The van der Waals surface area contributed by atoms with Crippen molar-refractivity contribution < 1.29 is 0 Å². The highest BCUT2D eigenvalue weighted by Crippen LogP contribution is 2.16. The van der Waals surface area contributed by atoms with E-state index in [4.69, 9.17) is 0 Å². The lowest BCUT2D eigenvalue weighted by Gasteiger charge is -2.04. The number of aryl methyl sites for hydroxylation is 1. The second-order valence-corrected chi connectivity index (χ2v) is 4.40. The van der Waals surface area contributed by atoms with E-state index in [0.29, 0.717) is 0 Å². The predicted octanol–water partition coefficient (Wildman–Crippen LogP) is 2.86. The number of hydrogen-bond donors (Lipinski definition) is 1. The largest absolute Gasteiger partial charge is 0.321 e. The monoisotopic (exact) mass is 206 g/mol.